The van der Waals surface area contributed by atoms with Crippen LogP contribution in [0.2, 0.25) is 0 Å². The highest BCUT2D eigenvalue weighted by atomic mass is 16.5. The highest BCUT2D eigenvalue weighted by Crippen LogP contribution is 2.62. The van der Waals surface area contributed by atoms with Crippen LogP contribution in [0.5, 0.6) is 0 Å². The molecule has 0 bridgehead atoms. The third-order valence-corrected chi connectivity index (χ3v) is 7.98. The molecular formula is C24H34O6. The molecule has 1 heterocycles. The molecule has 1 aromatic rings. The number of esters is 2. The number of furan rings is 1. The van der Waals surface area contributed by atoms with E-state index in [1.165, 1.54) is 14.0 Å². The lowest BCUT2D eigenvalue weighted by molar-refractivity contribution is -0.176. The van der Waals surface area contributed by atoms with Gasteiger partial charge < -0.3 is 13.9 Å². The fourth-order valence-corrected chi connectivity index (χ4v) is 6.56. The second-order valence-electron chi connectivity index (χ2n) is 9.53. The van der Waals surface area contributed by atoms with E-state index in [9.17, 15) is 14.4 Å². The van der Waals surface area contributed by atoms with Crippen molar-refractivity contribution >= 4 is 18.2 Å². The maximum absolute atomic E-state index is 12.8. The van der Waals surface area contributed by atoms with E-state index in [1.54, 1.807) is 6.26 Å². The third-order valence-electron chi connectivity index (χ3n) is 7.98. The molecule has 2 saturated carbocycles. The predicted molar refractivity (Wildman–Crippen MR) is 111 cm³/mol. The van der Waals surface area contributed by atoms with E-state index in [-0.39, 0.29) is 35.1 Å². The van der Waals surface area contributed by atoms with Gasteiger partial charge in [0.05, 0.1) is 25.4 Å². The molecule has 0 spiro atoms. The lowest BCUT2D eigenvalue weighted by Crippen LogP contribution is -2.55. The number of fused-ring (bicyclic) bond motifs is 1. The Morgan fingerprint density at radius 2 is 2.03 bits per heavy atom. The molecule has 6 heteroatoms. The summed E-state index contributed by atoms with van der Waals surface area (Å²) in [5.74, 6) is 0.735. The van der Waals surface area contributed by atoms with Gasteiger partial charge in [-0.3, -0.25) is 14.4 Å². The zero-order valence-electron chi connectivity index (χ0n) is 18.6. The molecule has 0 aromatic carbocycles. The normalized spacial score (nSPS) is 33.4. The maximum atomic E-state index is 12.8. The molecule has 2 aliphatic rings. The SMILES string of the molecule is COC(=O)[C@]1(C)CCC[C@]2(C)[C@@H](CCc3ccoc3C=O)[C@H](COC(C)=O)CC[C@@H]21. The topological polar surface area (TPSA) is 82.8 Å². The molecule has 0 radical (unpaired) electrons. The van der Waals surface area contributed by atoms with E-state index in [0.29, 0.717) is 12.4 Å². The first-order valence-electron chi connectivity index (χ1n) is 11.0. The fourth-order valence-electron chi connectivity index (χ4n) is 6.56. The maximum Gasteiger partial charge on any atom is 0.311 e. The van der Waals surface area contributed by atoms with Crippen LogP contribution < -0.4 is 0 Å². The summed E-state index contributed by atoms with van der Waals surface area (Å²) in [7, 11) is 1.48. The summed E-state index contributed by atoms with van der Waals surface area (Å²) in [6.45, 7) is 6.21. The number of aryl methyl sites for hydroxylation is 1. The summed E-state index contributed by atoms with van der Waals surface area (Å²) >= 11 is 0. The first-order valence-corrected chi connectivity index (χ1v) is 11.0. The minimum Gasteiger partial charge on any atom is -0.469 e. The van der Waals surface area contributed by atoms with Gasteiger partial charge in [0.15, 0.2) is 12.0 Å². The summed E-state index contributed by atoms with van der Waals surface area (Å²) in [6.07, 6.45) is 8.59. The van der Waals surface area contributed by atoms with Gasteiger partial charge in [0.25, 0.3) is 0 Å². The van der Waals surface area contributed by atoms with Crippen LogP contribution in [-0.2, 0) is 25.5 Å². The van der Waals surface area contributed by atoms with E-state index < -0.39 is 5.41 Å². The van der Waals surface area contributed by atoms with Crippen LogP contribution in [0, 0.1) is 28.6 Å². The van der Waals surface area contributed by atoms with E-state index >= 15 is 0 Å². The number of methoxy groups -OCH3 is 1. The Bertz CT molecular complexity index is 782. The number of aldehydes is 1. The highest BCUT2D eigenvalue weighted by Gasteiger charge is 2.58. The van der Waals surface area contributed by atoms with Gasteiger partial charge >= 0.3 is 11.9 Å². The minimum atomic E-state index is -0.490. The van der Waals surface area contributed by atoms with Gasteiger partial charge in [0.2, 0.25) is 0 Å². The van der Waals surface area contributed by atoms with Gasteiger partial charge in [-0.05, 0) is 74.7 Å². The molecule has 0 aliphatic heterocycles. The van der Waals surface area contributed by atoms with Gasteiger partial charge in [-0.2, -0.15) is 0 Å². The molecule has 2 aliphatic carbocycles. The average Bonchev–Trinajstić information content (AvgIpc) is 3.17. The Balaban J connectivity index is 1.90. The number of carbonyl (C=O) groups is 3. The fraction of sp³-hybridized carbons (Fsp3) is 0.708. The number of carbonyl (C=O) groups excluding carboxylic acids is 3. The largest absolute Gasteiger partial charge is 0.469 e. The van der Waals surface area contributed by atoms with Crippen LogP contribution in [-0.4, -0.2) is 31.9 Å². The molecular weight excluding hydrogens is 384 g/mol. The lowest BCUT2D eigenvalue weighted by atomic mass is 9.45. The number of rotatable bonds is 7. The van der Waals surface area contributed by atoms with Gasteiger partial charge in [0.1, 0.15) is 0 Å². The van der Waals surface area contributed by atoms with Crippen LogP contribution in [0.4, 0.5) is 0 Å². The lowest BCUT2D eigenvalue weighted by Gasteiger charge is -2.59. The first-order chi connectivity index (χ1) is 14.3. The number of ether oxygens (including phenoxy) is 2. The van der Waals surface area contributed by atoms with Crippen LogP contribution in [0.1, 0.15) is 75.4 Å². The van der Waals surface area contributed by atoms with Crippen molar-refractivity contribution < 1.29 is 28.3 Å². The Morgan fingerprint density at radius 1 is 1.27 bits per heavy atom. The molecule has 6 nitrogen and oxygen atoms in total. The minimum absolute atomic E-state index is 0.0602. The van der Waals surface area contributed by atoms with Crippen molar-refractivity contribution in [1.29, 1.82) is 0 Å². The molecule has 0 saturated heterocycles. The molecule has 1 aromatic heterocycles. The van der Waals surface area contributed by atoms with Gasteiger partial charge in [-0.25, -0.2) is 0 Å². The number of hydrogen-bond donors (Lipinski definition) is 0. The number of hydrogen-bond acceptors (Lipinski definition) is 6. The quantitative estimate of drug-likeness (QED) is 0.475. The Labute approximate surface area is 178 Å². The summed E-state index contributed by atoms with van der Waals surface area (Å²) < 4.78 is 15.9. The van der Waals surface area contributed by atoms with Crippen molar-refractivity contribution in [2.75, 3.05) is 13.7 Å². The van der Waals surface area contributed by atoms with Crippen LogP contribution in [0.15, 0.2) is 16.7 Å². The molecule has 3 rings (SSSR count). The standard InChI is InChI=1S/C24H34O6/c1-16(26)30-15-18-7-9-21-23(2,11-5-12-24(21,3)22(27)28-4)19(18)8-6-17-10-13-29-20(17)14-25/h10,13-14,18-19,21H,5-9,11-12,15H2,1-4H3/t18-,19-,21-,23+,24+/m0/s1. The van der Waals surface area contributed by atoms with Crippen LogP contribution >= 0.6 is 0 Å². The molecule has 30 heavy (non-hydrogen) atoms. The summed E-state index contributed by atoms with van der Waals surface area (Å²) in [5.41, 5.74) is 0.360. The van der Waals surface area contributed by atoms with Crippen molar-refractivity contribution in [2.45, 2.75) is 65.7 Å². The van der Waals surface area contributed by atoms with Crippen LogP contribution in [0.3, 0.4) is 0 Å². The van der Waals surface area contributed by atoms with E-state index in [2.05, 4.69) is 13.8 Å². The van der Waals surface area contributed by atoms with Crippen molar-refractivity contribution in [3.8, 4) is 0 Å². The summed E-state index contributed by atoms with van der Waals surface area (Å²) in [4.78, 5) is 35.5. The van der Waals surface area contributed by atoms with Crippen molar-refractivity contribution in [2.24, 2.45) is 28.6 Å². The zero-order valence-corrected chi connectivity index (χ0v) is 18.6. The Hall–Kier alpha value is -2.11. The molecule has 166 valence electrons. The van der Waals surface area contributed by atoms with E-state index in [4.69, 9.17) is 13.9 Å². The first kappa shape index (κ1) is 22.6. The van der Waals surface area contributed by atoms with Crippen molar-refractivity contribution in [1.82, 2.24) is 0 Å². The van der Waals surface area contributed by atoms with Crippen LogP contribution in [0.25, 0.3) is 0 Å². The second kappa shape index (κ2) is 8.94. The van der Waals surface area contributed by atoms with Crippen molar-refractivity contribution in [3.05, 3.63) is 23.7 Å². The van der Waals surface area contributed by atoms with E-state index in [1.807, 2.05) is 6.07 Å². The smallest absolute Gasteiger partial charge is 0.311 e. The monoisotopic (exact) mass is 418 g/mol. The molecule has 0 unspecified atom stereocenters. The third kappa shape index (κ3) is 4.06. The summed E-state index contributed by atoms with van der Waals surface area (Å²) in [5, 5.41) is 0. The van der Waals surface area contributed by atoms with Gasteiger partial charge in [0, 0.05) is 12.5 Å². The van der Waals surface area contributed by atoms with Crippen molar-refractivity contribution in [3.63, 3.8) is 0 Å². The predicted octanol–water partition coefficient (Wildman–Crippen LogP) is 4.60. The Kier molecular flexibility index (Phi) is 6.73. The Morgan fingerprint density at radius 3 is 2.70 bits per heavy atom. The highest BCUT2D eigenvalue weighted by molar-refractivity contribution is 5.77. The molecule has 2 fully saturated rings. The van der Waals surface area contributed by atoms with Gasteiger partial charge in [-0.1, -0.05) is 13.3 Å². The average molecular weight is 419 g/mol. The molecule has 5 atom stereocenters. The zero-order chi connectivity index (χ0) is 21.9. The van der Waals surface area contributed by atoms with E-state index in [0.717, 1.165) is 56.8 Å². The molecule has 0 N–H and O–H groups in total. The molecule has 0 amide bonds. The summed E-state index contributed by atoms with van der Waals surface area (Å²) in [6, 6.07) is 1.85. The second-order valence-corrected chi connectivity index (χ2v) is 9.53. The van der Waals surface area contributed by atoms with Gasteiger partial charge in [-0.15, -0.1) is 0 Å².